The molecule has 1 aromatic rings. The molecule has 5 heteroatoms. The van der Waals surface area contributed by atoms with Crippen LogP contribution in [0, 0.1) is 0 Å². The lowest BCUT2D eigenvalue weighted by Gasteiger charge is -2.12. The largest absolute Gasteiger partial charge is 0.359 e. The van der Waals surface area contributed by atoms with Crippen molar-refractivity contribution < 1.29 is 0 Å². The van der Waals surface area contributed by atoms with Crippen LogP contribution in [0.4, 0.5) is 5.13 Å². The molecule has 1 saturated heterocycles. The zero-order chi connectivity index (χ0) is 11.6. The molecule has 0 radical (unpaired) electrons. The Hall–Kier alpha value is -0.680. The van der Waals surface area contributed by atoms with Crippen LogP contribution in [0.1, 0.15) is 39.4 Å². The first-order valence-corrected chi connectivity index (χ1v) is 6.64. The average molecular weight is 240 g/mol. The molecule has 0 amide bonds. The van der Waals surface area contributed by atoms with Crippen LogP contribution < -0.4 is 10.6 Å². The molecular formula is C11H20N4S. The monoisotopic (exact) mass is 240 g/mol. The second kappa shape index (κ2) is 4.67. The van der Waals surface area contributed by atoms with Gasteiger partial charge in [0.1, 0.15) is 5.82 Å². The van der Waals surface area contributed by atoms with Crippen LogP contribution in [0.3, 0.4) is 0 Å². The average Bonchev–Trinajstić information content (AvgIpc) is 2.85. The summed E-state index contributed by atoms with van der Waals surface area (Å²) in [7, 11) is 0. The number of nitrogens with one attached hydrogen (secondary N) is 2. The van der Waals surface area contributed by atoms with Crippen molar-refractivity contribution in [2.24, 2.45) is 0 Å². The Morgan fingerprint density at radius 2 is 2.31 bits per heavy atom. The van der Waals surface area contributed by atoms with Crippen LogP contribution in [0.5, 0.6) is 0 Å². The topological polar surface area (TPSA) is 49.8 Å². The fraction of sp³-hybridized carbons (Fsp3) is 0.818. The summed E-state index contributed by atoms with van der Waals surface area (Å²) in [5.41, 5.74) is 0.0437. The van der Waals surface area contributed by atoms with E-state index in [0.29, 0.717) is 6.04 Å². The zero-order valence-electron chi connectivity index (χ0n) is 10.2. The molecule has 0 bridgehead atoms. The number of hydrogen-bond acceptors (Lipinski definition) is 5. The first-order valence-electron chi connectivity index (χ1n) is 5.87. The van der Waals surface area contributed by atoms with Gasteiger partial charge in [-0.05, 0) is 19.4 Å². The molecule has 1 unspecified atom stereocenters. The number of aromatic nitrogens is 2. The number of hydrogen-bond donors (Lipinski definition) is 2. The normalized spacial score (nSPS) is 21.3. The molecule has 1 aliphatic rings. The molecule has 0 aliphatic carbocycles. The molecular weight excluding hydrogens is 220 g/mol. The van der Waals surface area contributed by atoms with E-state index in [2.05, 4.69) is 40.8 Å². The van der Waals surface area contributed by atoms with Crippen LogP contribution in [0.15, 0.2) is 0 Å². The molecule has 2 rings (SSSR count). The minimum atomic E-state index is 0.0437. The van der Waals surface area contributed by atoms with E-state index >= 15 is 0 Å². The molecule has 2 heterocycles. The SMILES string of the molecule is CC(C)(C)c1nsc(NCC2CCCN2)n1. The summed E-state index contributed by atoms with van der Waals surface area (Å²) >= 11 is 1.46. The third-order valence-electron chi connectivity index (χ3n) is 2.76. The number of anilines is 1. The fourth-order valence-corrected chi connectivity index (χ4v) is 2.50. The lowest BCUT2D eigenvalue weighted by Crippen LogP contribution is -2.29. The lowest BCUT2D eigenvalue weighted by molar-refractivity contribution is 0.555. The molecule has 0 saturated carbocycles. The highest BCUT2D eigenvalue weighted by molar-refractivity contribution is 7.09. The standard InChI is InChI=1S/C11H20N4S/c1-11(2,3)9-14-10(16-15-9)13-7-8-5-4-6-12-8/h8,12H,4-7H2,1-3H3,(H,13,14,15). The van der Waals surface area contributed by atoms with Gasteiger partial charge in [0.05, 0.1) is 0 Å². The number of rotatable bonds is 3. The van der Waals surface area contributed by atoms with E-state index in [4.69, 9.17) is 0 Å². The van der Waals surface area contributed by atoms with E-state index in [1.807, 2.05) is 0 Å². The molecule has 1 aliphatic heterocycles. The quantitative estimate of drug-likeness (QED) is 0.848. The van der Waals surface area contributed by atoms with Crippen molar-refractivity contribution >= 4 is 16.7 Å². The smallest absolute Gasteiger partial charge is 0.202 e. The van der Waals surface area contributed by atoms with E-state index < -0.39 is 0 Å². The highest BCUT2D eigenvalue weighted by Crippen LogP contribution is 2.22. The third kappa shape index (κ3) is 2.92. The molecule has 16 heavy (non-hydrogen) atoms. The van der Waals surface area contributed by atoms with Gasteiger partial charge in [-0.25, -0.2) is 4.98 Å². The second-order valence-electron chi connectivity index (χ2n) is 5.35. The van der Waals surface area contributed by atoms with Crippen molar-refractivity contribution in [1.82, 2.24) is 14.7 Å². The van der Waals surface area contributed by atoms with Crippen molar-refractivity contribution in [2.45, 2.75) is 45.1 Å². The van der Waals surface area contributed by atoms with Crippen LogP contribution >= 0.6 is 11.5 Å². The predicted molar refractivity (Wildman–Crippen MR) is 68.1 cm³/mol. The van der Waals surface area contributed by atoms with Crippen LogP contribution in [-0.4, -0.2) is 28.5 Å². The van der Waals surface area contributed by atoms with Crippen molar-refractivity contribution in [2.75, 3.05) is 18.4 Å². The van der Waals surface area contributed by atoms with Crippen LogP contribution in [-0.2, 0) is 5.41 Å². The highest BCUT2D eigenvalue weighted by Gasteiger charge is 2.20. The molecule has 90 valence electrons. The Balaban J connectivity index is 1.87. The molecule has 1 atom stereocenters. The van der Waals surface area contributed by atoms with Crippen molar-refractivity contribution in [3.63, 3.8) is 0 Å². The van der Waals surface area contributed by atoms with E-state index in [-0.39, 0.29) is 5.41 Å². The van der Waals surface area contributed by atoms with Gasteiger partial charge in [-0.2, -0.15) is 4.37 Å². The van der Waals surface area contributed by atoms with E-state index in [1.165, 1.54) is 24.4 Å². The van der Waals surface area contributed by atoms with Gasteiger partial charge in [0.25, 0.3) is 0 Å². The Morgan fingerprint density at radius 3 is 2.88 bits per heavy atom. The van der Waals surface area contributed by atoms with Gasteiger partial charge in [-0.3, -0.25) is 0 Å². The zero-order valence-corrected chi connectivity index (χ0v) is 11.0. The van der Waals surface area contributed by atoms with Gasteiger partial charge in [-0.1, -0.05) is 20.8 Å². The summed E-state index contributed by atoms with van der Waals surface area (Å²) in [6.45, 7) is 8.51. The maximum atomic E-state index is 4.51. The summed E-state index contributed by atoms with van der Waals surface area (Å²) in [6, 6.07) is 0.599. The van der Waals surface area contributed by atoms with E-state index in [9.17, 15) is 0 Å². The summed E-state index contributed by atoms with van der Waals surface area (Å²) in [6.07, 6.45) is 2.55. The summed E-state index contributed by atoms with van der Waals surface area (Å²) in [5, 5.41) is 7.76. The maximum Gasteiger partial charge on any atom is 0.202 e. The van der Waals surface area contributed by atoms with Gasteiger partial charge in [0.2, 0.25) is 5.13 Å². The van der Waals surface area contributed by atoms with Crippen molar-refractivity contribution in [3.8, 4) is 0 Å². The van der Waals surface area contributed by atoms with Crippen molar-refractivity contribution in [3.05, 3.63) is 5.82 Å². The fourth-order valence-electron chi connectivity index (χ4n) is 1.74. The minimum absolute atomic E-state index is 0.0437. The van der Waals surface area contributed by atoms with Gasteiger partial charge in [-0.15, -0.1) is 0 Å². The predicted octanol–water partition coefficient (Wildman–Crippen LogP) is 2.00. The highest BCUT2D eigenvalue weighted by atomic mass is 32.1. The van der Waals surface area contributed by atoms with Crippen LogP contribution in [0.2, 0.25) is 0 Å². The third-order valence-corrected chi connectivity index (χ3v) is 3.43. The Morgan fingerprint density at radius 1 is 1.50 bits per heavy atom. The van der Waals surface area contributed by atoms with E-state index in [0.717, 1.165) is 24.0 Å². The molecule has 0 aromatic carbocycles. The Bertz CT molecular complexity index is 336. The van der Waals surface area contributed by atoms with Gasteiger partial charge < -0.3 is 10.6 Å². The first kappa shape index (κ1) is 11.8. The van der Waals surface area contributed by atoms with Crippen LogP contribution in [0.25, 0.3) is 0 Å². The first-order chi connectivity index (χ1) is 7.55. The molecule has 4 nitrogen and oxygen atoms in total. The van der Waals surface area contributed by atoms with E-state index in [1.54, 1.807) is 0 Å². The number of nitrogens with zero attached hydrogens (tertiary/aromatic N) is 2. The molecule has 1 fully saturated rings. The minimum Gasteiger partial charge on any atom is -0.359 e. The molecule has 2 N–H and O–H groups in total. The van der Waals surface area contributed by atoms with Gasteiger partial charge >= 0.3 is 0 Å². The van der Waals surface area contributed by atoms with Gasteiger partial charge in [0, 0.05) is 29.5 Å². The molecule has 1 aromatic heterocycles. The molecule has 0 spiro atoms. The lowest BCUT2D eigenvalue weighted by atomic mass is 9.96. The maximum absolute atomic E-state index is 4.51. The van der Waals surface area contributed by atoms with Crippen molar-refractivity contribution in [1.29, 1.82) is 0 Å². The Labute approximate surface area is 101 Å². The summed E-state index contributed by atoms with van der Waals surface area (Å²) < 4.78 is 4.38. The summed E-state index contributed by atoms with van der Waals surface area (Å²) in [4.78, 5) is 4.51. The van der Waals surface area contributed by atoms with Gasteiger partial charge in [0.15, 0.2) is 0 Å². The second-order valence-corrected chi connectivity index (χ2v) is 6.10. The summed E-state index contributed by atoms with van der Waals surface area (Å²) in [5.74, 6) is 0.930. The Kier molecular flexibility index (Phi) is 3.44.